The van der Waals surface area contributed by atoms with E-state index in [0.717, 1.165) is 35.1 Å². The molecule has 0 N–H and O–H groups in total. The fraction of sp³-hybridized carbons (Fsp3) is 0.167. The predicted molar refractivity (Wildman–Crippen MR) is 104 cm³/mol. The molecule has 3 aromatic carbocycles. The van der Waals surface area contributed by atoms with Crippen LogP contribution < -0.4 is 0 Å². The molecule has 0 saturated carbocycles. The van der Waals surface area contributed by atoms with Gasteiger partial charge in [-0.25, -0.2) is 4.39 Å². The minimum atomic E-state index is -0.204. The van der Waals surface area contributed by atoms with Crippen molar-refractivity contribution in [1.29, 1.82) is 0 Å². The van der Waals surface area contributed by atoms with Gasteiger partial charge in [-0.1, -0.05) is 67.8 Å². The van der Waals surface area contributed by atoms with E-state index in [1.54, 1.807) is 13.0 Å². The maximum absolute atomic E-state index is 14.6. The summed E-state index contributed by atoms with van der Waals surface area (Å²) in [5, 5.41) is 0. The molecule has 0 aliphatic rings. The van der Waals surface area contributed by atoms with E-state index in [2.05, 4.69) is 43.0 Å². The van der Waals surface area contributed by atoms with Crippen LogP contribution in [0.4, 0.5) is 4.39 Å². The molecule has 3 rings (SSSR count). The largest absolute Gasteiger partial charge is 0.206 e. The standard InChI is InChI=1S/C24H21F/c1-3-5-18-7-11-20(12-8-18)22-15-16-23(24(25)17-22)21-13-9-19(6-4-2)10-14-21/h7-17H,3,5H2,1-2H3. The Bertz CT molecular complexity index is 907. The highest BCUT2D eigenvalue weighted by molar-refractivity contribution is 5.71. The SMILES string of the molecule is CC#Cc1ccc(-c2ccc(-c3ccc(CCC)cc3)cc2F)cc1. The highest BCUT2D eigenvalue weighted by Gasteiger charge is 2.07. The zero-order valence-corrected chi connectivity index (χ0v) is 14.6. The van der Waals surface area contributed by atoms with Gasteiger partial charge in [0.1, 0.15) is 5.82 Å². The maximum Gasteiger partial charge on any atom is 0.131 e. The van der Waals surface area contributed by atoms with Crippen molar-refractivity contribution in [2.24, 2.45) is 0 Å². The van der Waals surface area contributed by atoms with Crippen molar-refractivity contribution in [1.82, 2.24) is 0 Å². The minimum Gasteiger partial charge on any atom is -0.206 e. The third kappa shape index (κ3) is 3.98. The Morgan fingerprint density at radius 3 is 2.04 bits per heavy atom. The number of aryl methyl sites for hydroxylation is 1. The van der Waals surface area contributed by atoms with Crippen molar-refractivity contribution < 1.29 is 4.39 Å². The molecule has 0 atom stereocenters. The van der Waals surface area contributed by atoms with E-state index in [-0.39, 0.29) is 5.82 Å². The summed E-state index contributed by atoms with van der Waals surface area (Å²) >= 11 is 0. The lowest BCUT2D eigenvalue weighted by Crippen LogP contribution is -1.88. The summed E-state index contributed by atoms with van der Waals surface area (Å²) in [4.78, 5) is 0. The fourth-order valence-electron chi connectivity index (χ4n) is 2.96. The summed E-state index contributed by atoms with van der Waals surface area (Å²) in [6.07, 6.45) is 2.21. The predicted octanol–water partition coefficient (Wildman–Crippen LogP) is 6.48. The lowest BCUT2D eigenvalue weighted by Gasteiger charge is -2.08. The average Bonchev–Trinajstić information content (AvgIpc) is 2.64. The first-order valence-corrected chi connectivity index (χ1v) is 8.63. The normalized spacial score (nSPS) is 10.2. The van der Waals surface area contributed by atoms with Crippen LogP contribution in [0.15, 0.2) is 66.7 Å². The van der Waals surface area contributed by atoms with E-state index in [4.69, 9.17) is 0 Å². The zero-order chi connectivity index (χ0) is 17.6. The Morgan fingerprint density at radius 1 is 0.800 bits per heavy atom. The molecular weight excluding hydrogens is 307 g/mol. The number of rotatable bonds is 4. The summed E-state index contributed by atoms with van der Waals surface area (Å²) in [7, 11) is 0. The molecule has 0 aliphatic heterocycles. The monoisotopic (exact) mass is 328 g/mol. The number of hydrogen-bond acceptors (Lipinski definition) is 0. The summed E-state index contributed by atoms with van der Waals surface area (Å²) in [6, 6.07) is 21.5. The van der Waals surface area contributed by atoms with E-state index < -0.39 is 0 Å². The van der Waals surface area contributed by atoms with Crippen molar-refractivity contribution in [3.05, 3.63) is 83.7 Å². The first kappa shape index (κ1) is 17.0. The molecule has 0 radical (unpaired) electrons. The van der Waals surface area contributed by atoms with Crippen LogP contribution in [0.3, 0.4) is 0 Å². The van der Waals surface area contributed by atoms with Crippen LogP contribution >= 0.6 is 0 Å². The fourth-order valence-corrected chi connectivity index (χ4v) is 2.96. The van der Waals surface area contributed by atoms with E-state index >= 15 is 0 Å². The molecule has 0 amide bonds. The van der Waals surface area contributed by atoms with Crippen LogP contribution in [-0.4, -0.2) is 0 Å². The Kier molecular flexibility index (Phi) is 5.31. The quantitative estimate of drug-likeness (QED) is 0.481. The van der Waals surface area contributed by atoms with Gasteiger partial charge in [-0.3, -0.25) is 0 Å². The van der Waals surface area contributed by atoms with Gasteiger partial charge in [0.05, 0.1) is 0 Å². The molecule has 0 saturated heterocycles. The van der Waals surface area contributed by atoms with E-state index in [1.165, 1.54) is 5.56 Å². The molecule has 0 aromatic heterocycles. The molecule has 0 bridgehead atoms. The molecule has 3 aromatic rings. The third-order valence-electron chi connectivity index (χ3n) is 4.26. The molecule has 0 nitrogen and oxygen atoms in total. The summed E-state index contributed by atoms with van der Waals surface area (Å²) < 4.78 is 14.6. The second-order valence-electron chi connectivity index (χ2n) is 6.09. The van der Waals surface area contributed by atoms with E-state index in [9.17, 15) is 4.39 Å². The maximum atomic E-state index is 14.6. The second kappa shape index (κ2) is 7.81. The van der Waals surface area contributed by atoms with Gasteiger partial charge in [-0.2, -0.15) is 0 Å². The zero-order valence-electron chi connectivity index (χ0n) is 14.6. The molecule has 0 heterocycles. The number of benzene rings is 3. The van der Waals surface area contributed by atoms with Crippen LogP contribution in [0.5, 0.6) is 0 Å². The van der Waals surface area contributed by atoms with Crippen LogP contribution in [0, 0.1) is 17.7 Å². The smallest absolute Gasteiger partial charge is 0.131 e. The van der Waals surface area contributed by atoms with Gasteiger partial charge in [0.2, 0.25) is 0 Å². The van der Waals surface area contributed by atoms with Crippen LogP contribution in [0.2, 0.25) is 0 Å². The van der Waals surface area contributed by atoms with Crippen molar-refractivity contribution >= 4 is 0 Å². The van der Waals surface area contributed by atoms with Crippen LogP contribution in [0.25, 0.3) is 22.3 Å². The topological polar surface area (TPSA) is 0 Å². The van der Waals surface area contributed by atoms with Crippen molar-refractivity contribution in [2.75, 3.05) is 0 Å². The molecule has 1 heteroatoms. The first-order chi connectivity index (χ1) is 12.2. The Morgan fingerprint density at radius 2 is 1.44 bits per heavy atom. The molecule has 0 spiro atoms. The lowest BCUT2D eigenvalue weighted by atomic mass is 9.98. The Labute approximate surface area is 149 Å². The van der Waals surface area contributed by atoms with Gasteiger partial charge >= 0.3 is 0 Å². The molecule has 0 aliphatic carbocycles. The summed E-state index contributed by atoms with van der Waals surface area (Å²) in [6.45, 7) is 3.98. The van der Waals surface area contributed by atoms with Gasteiger partial charge < -0.3 is 0 Å². The van der Waals surface area contributed by atoms with Crippen LogP contribution in [0.1, 0.15) is 31.4 Å². The number of hydrogen-bond donors (Lipinski definition) is 0. The molecule has 124 valence electrons. The van der Waals surface area contributed by atoms with Crippen molar-refractivity contribution in [2.45, 2.75) is 26.7 Å². The third-order valence-corrected chi connectivity index (χ3v) is 4.26. The highest BCUT2D eigenvalue weighted by atomic mass is 19.1. The van der Waals surface area contributed by atoms with E-state index in [1.807, 2.05) is 36.4 Å². The molecule has 0 fully saturated rings. The minimum absolute atomic E-state index is 0.204. The Balaban J connectivity index is 1.88. The summed E-state index contributed by atoms with van der Waals surface area (Å²) in [5.41, 5.74) is 5.68. The average molecular weight is 328 g/mol. The summed E-state index contributed by atoms with van der Waals surface area (Å²) in [5.74, 6) is 5.66. The first-order valence-electron chi connectivity index (χ1n) is 8.63. The highest BCUT2D eigenvalue weighted by Crippen LogP contribution is 2.28. The van der Waals surface area contributed by atoms with Gasteiger partial charge in [0.25, 0.3) is 0 Å². The van der Waals surface area contributed by atoms with Gasteiger partial charge in [-0.15, -0.1) is 5.92 Å². The molecule has 25 heavy (non-hydrogen) atoms. The molecular formula is C24H21F. The van der Waals surface area contributed by atoms with Gasteiger partial charge in [0, 0.05) is 11.1 Å². The second-order valence-corrected chi connectivity index (χ2v) is 6.09. The lowest BCUT2D eigenvalue weighted by molar-refractivity contribution is 0.632. The number of halogens is 1. The van der Waals surface area contributed by atoms with Gasteiger partial charge in [-0.05, 0) is 53.8 Å². The van der Waals surface area contributed by atoms with E-state index in [0.29, 0.717) is 5.56 Å². The van der Waals surface area contributed by atoms with Crippen LogP contribution in [-0.2, 0) is 6.42 Å². The Hall–Kier alpha value is -2.85. The molecule has 0 unspecified atom stereocenters. The van der Waals surface area contributed by atoms with Crippen molar-refractivity contribution in [3.63, 3.8) is 0 Å². The van der Waals surface area contributed by atoms with Crippen molar-refractivity contribution in [3.8, 4) is 34.1 Å². The van der Waals surface area contributed by atoms with Gasteiger partial charge in [0.15, 0.2) is 0 Å².